The fraction of sp³-hybridized carbons (Fsp3) is 0.545. The first-order valence-corrected chi connectivity index (χ1v) is 4.84. The highest BCUT2D eigenvalue weighted by molar-refractivity contribution is 5.97. The van der Waals surface area contributed by atoms with Gasteiger partial charge in [-0.15, -0.1) is 0 Å². The highest BCUT2D eigenvalue weighted by Gasteiger charge is 2.27. The van der Waals surface area contributed by atoms with Gasteiger partial charge >= 0.3 is 0 Å². The summed E-state index contributed by atoms with van der Waals surface area (Å²) in [7, 11) is 2.10. The van der Waals surface area contributed by atoms with Gasteiger partial charge in [0, 0.05) is 12.8 Å². The molecular weight excluding hydrogens is 160 g/mol. The third-order valence-electron chi connectivity index (χ3n) is 2.69. The monoisotopic (exact) mass is 176 g/mol. The molecule has 0 aromatic rings. The lowest BCUT2D eigenvalue weighted by Gasteiger charge is -2.25. The number of aliphatic imine (C=N–C) groups is 1. The van der Waals surface area contributed by atoms with Gasteiger partial charge in [-0.2, -0.15) is 0 Å². The van der Waals surface area contributed by atoms with Crippen LogP contribution in [0.1, 0.15) is 13.8 Å². The van der Waals surface area contributed by atoms with Gasteiger partial charge in [0.05, 0.1) is 12.1 Å². The molecule has 0 saturated carbocycles. The molecule has 2 unspecified atom stereocenters. The van der Waals surface area contributed by atoms with Crippen molar-refractivity contribution >= 4 is 5.71 Å². The predicted octanol–water partition coefficient (Wildman–Crippen LogP) is 1.85. The normalized spacial score (nSPS) is 31.1. The Balaban J connectivity index is 2.20. The van der Waals surface area contributed by atoms with Crippen molar-refractivity contribution in [3.8, 4) is 0 Å². The quantitative estimate of drug-likeness (QED) is 0.595. The Hall–Kier alpha value is -1.05. The van der Waals surface area contributed by atoms with Gasteiger partial charge < -0.3 is 4.90 Å². The lowest BCUT2D eigenvalue weighted by molar-refractivity contribution is 0.391. The van der Waals surface area contributed by atoms with Crippen LogP contribution in [0.4, 0.5) is 0 Å². The second-order valence-corrected chi connectivity index (χ2v) is 4.06. The summed E-state index contributed by atoms with van der Waals surface area (Å²) in [6, 6.07) is 0.815. The lowest BCUT2D eigenvalue weighted by Crippen LogP contribution is -2.32. The fourth-order valence-electron chi connectivity index (χ4n) is 1.80. The smallest absolute Gasteiger partial charge is 0.0939 e. The van der Waals surface area contributed by atoms with E-state index in [1.54, 1.807) is 0 Å². The number of hydrogen-bond acceptors (Lipinski definition) is 2. The Morgan fingerprint density at radius 3 is 2.85 bits per heavy atom. The fourth-order valence-corrected chi connectivity index (χ4v) is 1.80. The van der Waals surface area contributed by atoms with E-state index < -0.39 is 0 Å². The molecule has 0 aromatic heterocycles. The zero-order valence-corrected chi connectivity index (χ0v) is 8.44. The van der Waals surface area contributed by atoms with E-state index in [-0.39, 0.29) is 0 Å². The zero-order valence-electron chi connectivity index (χ0n) is 8.44. The number of rotatable bonds is 1. The molecule has 0 amide bonds. The standard InChI is InChI=1S/C11H16N2/c1-8(2)9-4-5-11-10(12-9)6-7-13(11)3/h4-8,10-11H,1-3H3. The lowest BCUT2D eigenvalue weighted by atomic mass is 10.0. The molecule has 0 N–H and O–H groups in total. The molecular formula is C11H16N2. The van der Waals surface area contributed by atoms with E-state index in [0.29, 0.717) is 18.0 Å². The van der Waals surface area contributed by atoms with E-state index in [0.717, 1.165) is 0 Å². The third kappa shape index (κ3) is 1.41. The van der Waals surface area contributed by atoms with Gasteiger partial charge in [0.15, 0.2) is 0 Å². The highest BCUT2D eigenvalue weighted by atomic mass is 15.2. The predicted molar refractivity (Wildman–Crippen MR) is 55.9 cm³/mol. The summed E-state index contributed by atoms with van der Waals surface area (Å²) in [6.07, 6.45) is 8.71. The number of hydrogen-bond donors (Lipinski definition) is 0. The van der Waals surface area contributed by atoms with Crippen LogP contribution >= 0.6 is 0 Å². The van der Waals surface area contributed by atoms with Crippen LogP contribution in [0.2, 0.25) is 0 Å². The summed E-state index contributed by atoms with van der Waals surface area (Å²) >= 11 is 0. The maximum Gasteiger partial charge on any atom is 0.0939 e. The average Bonchev–Trinajstić information content (AvgIpc) is 2.47. The molecule has 0 bridgehead atoms. The molecule has 0 radical (unpaired) electrons. The van der Waals surface area contributed by atoms with Gasteiger partial charge in [0.25, 0.3) is 0 Å². The van der Waals surface area contributed by atoms with E-state index in [4.69, 9.17) is 4.99 Å². The van der Waals surface area contributed by atoms with E-state index >= 15 is 0 Å². The Labute approximate surface area is 79.7 Å². The van der Waals surface area contributed by atoms with E-state index in [1.165, 1.54) is 5.71 Å². The minimum Gasteiger partial charge on any atom is -0.372 e. The van der Waals surface area contributed by atoms with Gasteiger partial charge in [-0.05, 0) is 24.3 Å². The van der Waals surface area contributed by atoms with Crippen LogP contribution in [0.3, 0.4) is 0 Å². The molecule has 70 valence electrons. The van der Waals surface area contributed by atoms with Gasteiger partial charge in [-0.3, -0.25) is 4.99 Å². The first-order valence-electron chi connectivity index (χ1n) is 4.84. The number of fused-ring (bicyclic) bond motifs is 1. The molecule has 0 spiro atoms. The second kappa shape index (κ2) is 3.02. The van der Waals surface area contributed by atoms with Crippen LogP contribution in [0, 0.1) is 5.92 Å². The Morgan fingerprint density at radius 1 is 1.38 bits per heavy atom. The van der Waals surface area contributed by atoms with Crippen molar-refractivity contribution in [1.82, 2.24) is 4.90 Å². The zero-order chi connectivity index (χ0) is 9.42. The van der Waals surface area contributed by atoms with Crippen molar-refractivity contribution in [1.29, 1.82) is 0 Å². The summed E-state index contributed by atoms with van der Waals surface area (Å²) in [6.45, 7) is 4.37. The Bertz CT molecular complexity index is 286. The molecule has 2 atom stereocenters. The molecule has 13 heavy (non-hydrogen) atoms. The van der Waals surface area contributed by atoms with Gasteiger partial charge in [-0.25, -0.2) is 0 Å². The molecule has 0 aliphatic carbocycles. The van der Waals surface area contributed by atoms with E-state index in [2.05, 4.69) is 50.2 Å². The number of allylic oxidation sites excluding steroid dienone is 1. The first-order chi connectivity index (χ1) is 6.18. The van der Waals surface area contributed by atoms with Crippen LogP contribution < -0.4 is 0 Å². The van der Waals surface area contributed by atoms with Crippen molar-refractivity contribution < 1.29 is 0 Å². The minimum atomic E-state index is 0.354. The summed E-state index contributed by atoms with van der Waals surface area (Å²) in [5.41, 5.74) is 1.22. The largest absolute Gasteiger partial charge is 0.372 e. The van der Waals surface area contributed by atoms with E-state index in [9.17, 15) is 0 Å². The maximum atomic E-state index is 4.70. The minimum absolute atomic E-state index is 0.354. The van der Waals surface area contributed by atoms with Crippen LogP contribution in [-0.2, 0) is 0 Å². The summed E-state index contributed by atoms with van der Waals surface area (Å²) in [5, 5.41) is 0. The topological polar surface area (TPSA) is 15.6 Å². The third-order valence-corrected chi connectivity index (χ3v) is 2.69. The Kier molecular flexibility index (Phi) is 1.98. The molecule has 0 fully saturated rings. The van der Waals surface area contributed by atoms with Crippen molar-refractivity contribution in [2.24, 2.45) is 10.9 Å². The number of dihydropyridines is 1. The molecule has 2 heteroatoms. The summed E-state index contributed by atoms with van der Waals surface area (Å²) in [5.74, 6) is 0.538. The average molecular weight is 176 g/mol. The van der Waals surface area contributed by atoms with Crippen molar-refractivity contribution in [3.05, 3.63) is 24.4 Å². The van der Waals surface area contributed by atoms with Crippen LogP contribution in [-0.4, -0.2) is 29.7 Å². The number of nitrogens with zero attached hydrogens (tertiary/aromatic N) is 2. The molecule has 2 aliphatic heterocycles. The maximum absolute atomic E-state index is 4.70. The van der Waals surface area contributed by atoms with Gasteiger partial charge in [0.1, 0.15) is 0 Å². The SMILES string of the molecule is CC(C)C1=NC2C=CN(C)C2C=C1. The van der Waals surface area contributed by atoms with Gasteiger partial charge in [-0.1, -0.05) is 19.9 Å². The molecule has 0 saturated heterocycles. The van der Waals surface area contributed by atoms with E-state index in [1.807, 2.05) is 0 Å². The number of likely N-dealkylation sites (N-methyl/N-ethyl adjacent to an activating group) is 1. The second-order valence-electron chi connectivity index (χ2n) is 4.06. The summed E-state index contributed by atoms with van der Waals surface area (Å²) < 4.78 is 0. The van der Waals surface area contributed by atoms with Gasteiger partial charge in [0.2, 0.25) is 0 Å². The van der Waals surface area contributed by atoms with Crippen LogP contribution in [0.5, 0.6) is 0 Å². The molecule has 0 aromatic carbocycles. The molecule has 2 heterocycles. The molecule has 2 rings (SSSR count). The first kappa shape index (κ1) is 8.54. The van der Waals surface area contributed by atoms with Crippen molar-refractivity contribution in [3.63, 3.8) is 0 Å². The molecule has 2 aliphatic rings. The Morgan fingerprint density at radius 2 is 2.15 bits per heavy atom. The van der Waals surface area contributed by atoms with Crippen molar-refractivity contribution in [2.75, 3.05) is 7.05 Å². The highest BCUT2D eigenvalue weighted by Crippen LogP contribution is 2.22. The van der Waals surface area contributed by atoms with Crippen LogP contribution in [0.25, 0.3) is 0 Å². The van der Waals surface area contributed by atoms with Crippen LogP contribution in [0.15, 0.2) is 29.4 Å². The summed E-state index contributed by atoms with van der Waals surface area (Å²) in [4.78, 5) is 6.91. The van der Waals surface area contributed by atoms with Crippen molar-refractivity contribution in [2.45, 2.75) is 25.9 Å². The molecule has 2 nitrogen and oxygen atoms in total.